The fourth-order valence-electron chi connectivity index (χ4n) is 4.55. The van der Waals surface area contributed by atoms with Crippen LogP contribution in [-0.4, -0.2) is 42.7 Å². The van der Waals surface area contributed by atoms with Gasteiger partial charge in [0.05, 0.1) is 18.2 Å². The van der Waals surface area contributed by atoms with Crippen LogP contribution >= 0.6 is 0 Å². The molecule has 1 unspecified atom stereocenters. The number of benzene rings is 2. The van der Waals surface area contributed by atoms with E-state index in [2.05, 4.69) is 25.4 Å². The Balaban J connectivity index is 1.75. The molecule has 0 bridgehead atoms. The van der Waals surface area contributed by atoms with E-state index in [0.717, 1.165) is 27.6 Å². The Morgan fingerprint density at radius 1 is 1.11 bits per heavy atom. The second-order valence-electron chi connectivity index (χ2n) is 9.07. The zero-order valence-corrected chi connectivity index (χ0v) is 21.5. The number of carbonyl (C=O) groups excluding carboxylic acids is 1. The maximum absolute atomic E-state index is 13.6. The van der Waals surface area contributed by atoms with Gasteiger partial charge in [-0.1, -0.05) is 31.2 Å². The molecule has 1 atom stereocenters. The lowest BCUT2D eigenvalue weighted by Gasteiger charge is -2.30. The first-order valence-corrected chi connectivity index (χ1v) is 12.3. The monoisotopic (exact) mass is 506 g/mol. The van der Waals surface area contributed by atoms with Crippen LogP contribution in [0.1, 0.15) is 54.4 Å². The number of tetrazole rings is 1. The van der Waals surface area contributed by atoms with Crippen molar-refractivity contribution in [2.75, 3.05) is 6.61 Å². The predicted octanol–water partition coefficient (Wildman–Crippen LogP) is 3.99. The average molecular weight is 507 g/mol. The van der Waals surface area contributed by atoms with Gasteiger partial charge in [0.25, 0.3) is 5.56 Å². The molecule has 4 rings (SSSR count). The highest BCUT2D eigenvalue weighted by atomic mass is 19.1. The van der Waals surface area contributed by atoms with E-state index in [1.165, 1.54) is 16.8 Å². The number of aromatic nitrogens is 5. The highest BCUT2D eigenvalue weighted by molar-refractivity contribution is 5.85. The van der Waals surface area contributed by atoms with Crippen LogP contribution in [0.2, 0.25) is 0 Å². The normalized spacial score (nSPS) is 12.3. The Kier molecular flexibility index (Phi) is 8.08. The van der Waals surface area contributed by atoms with Crippen molar-refractivity contribution in [1.82, 2.24) is 30.1 Å². The first kappa shape index (κ1) is 26.2. The summed E-state index contributed by atoms with van der Waals surface area (Å²) in [4.78, 5) is 30.4. The smallest absolute Gasteiger partial charge is 0.327 e. The number of pyridine rings is 1. The molecule has 9 nitrogen and oxygen atoms in total. The fourth-order valence-corrected chi connectivity index (χ4v) is 4.55. The third-order valence-corrected chi connectivity index (χ3v) is 6.46. The Morgan fingerprint density at radius 3 is 2.54 bits per heavy atom. The maximum Gasteiger partial charge on any atom is 0.327 e. The number of esters is 1. The fraction of sp³-hybridized carbons (Fsp3) is 0.370. The molecule has 4 aromatic rings. The van der Waals surface area contributed by atoms with Gasteiger partial charge in [-0.15, -0.1) is 5.10 Å². The maximum atomic E-state index is 13.6. The number of halogens is 1. The van der Waals surface area contributed by atoms with Gasteiger partial charge in [-0.25, -0.2) is 9.07 Å². The van der Waals surface area contributed by atoms with Crippen molar-refractivity contribution in [2.45, 2.75) is 59.8 Å². The van der Waals surface area contributed by atoms with E-state index in [0.29, 0.717) is 30.9 Å². The minimum atomic E-state index is -0.437. The summed E-state index contributed by atoms with van der Waals surface area (Å²) in [7, 11) is 0. The minimum absolute atomic E-state index is 0.119. The molecule has 0 saturated carbocycles. The van der Waals surface area contributed by atoms with Gasteiger partial charge in [0, 0.05) is 24.0 Å². The number of ether oxygens (including phenoxy) is 1. The molecule has 2 aromatic carbocycles. The molecule has 194 valence electrons. The highest BCUT2D eigenvalue weighted by Crippen LogP contribution is 2.27. The number of aromatic amines is 1. The average Bonchev–Trinajstić information content (AvgIpc) is 3.32. The predicted molar refractivity (Wildman–Crippen MR) is 137 cm³/mol. The van der Waals surface area contributed by atoms with Gasteiger partial charge in [0.15, 0.2) is 5.82 Å². The molecule has 0 fully saturated rings. The summed E-state index contributed by atoms with van der Waals surface area (Å²) < 4.78 is 20.1. The van der Waals surface area contributed by atoms with Gasteiger partial charge in [-0.2, -0.15) is 0 Å². The largest absolute Gasteiger partial charge is 0.465 e. The summed E-state index contributed by atoms with van der Waals surface area (Å²) >= 11 is 0. The number of rotatable bonds is 10. The van der Waals surface area contributed by atoms with Crippen LogP contribution in [0.4, 0.5) is 4.39 Å². The van der Waals surface area contributed by atoms with Crippen molar-refractivity contribution in [2.24, 2.45) is 0 Å². The summed E-state index contributed by atoms with van der Waals surface area (Å²) in [6.07, 6.45) is 0.605. The first-order valence-electron chi connectivity index (χ1n) is 12.3. The number of carbonyl (C=O) groups is 1. The number of aryl methyl sites for hydroxylation is 2. The molecule has 37 heavy (non-hydrogen) atoms. The molecule has 0 saturated heterocycles. The van der Waals surface area contributed by atoms with E-state index < -0.39 is 5.97 Å². The Bertz CT molecular complexity index is 1450. The van der Waals surface area contributed by atoms with E-state index in [1.54, 1.807) is 19.1 Å². The lowest BCUT2D eigenvalue weighted by atomic mass is 10.0. The number of H-pyrrole nitrogens is 1. The topological polar surface area (TPSA) is 106 Å². The molecular weight excluding hydrogens is 475 g/mol. The Morgan fingerprint density at radius 2 is 1.84 bits per heavy atom. The van der Waals surface area contributed by atoms with Crippen LogP contribution in [0.15, 0.2) is 47.3 Å². The summed E-state index contributed by atoms with van der Waals surface area (Å²) in [5.41, 5.74) is 4.17. The zero-order chi connectivity index (χ0) is 26.5. The molecule has 2 heterocycles. The van der Waals surface area contributed by atoms with Gasteiger partial charge >= 0.3 is 5.97 Å². The van der Waals surface area contributed by atoms with E-state index in [4.69, 9.17) is 4.74 Å². The molecule has 0 aliphatic rings. The number of nitrogens with one attached hydrogen (secondary N) is 1. The van der Waals surface area contributed by atoms with E-state index >= 15 is 0 Å². The number of fused-ring (bicyclic) bond motifs is 1. The van der Waals surface area contributed by atoms with Gasteiger partial charge in [0.1, 0.15) is 12.4 Å². The minimum Gasteiger partial charge on any atom is -0.465 e. The third-order valence-electron chi connectivity index (χ3n) is 6.46. The van der Waals surface area contributed by atoms with Crippen LogP contribution < -0.4 is 5.56 Å². The number of hydrogen-bond donors (Lipinski definition) is 1. The SMILES string of the molecule is CCOC(=O)Cn1nnnc1C(CC)N(Cc1ccc(F)cc1)Cc1cc2c(C)ccc(C)c2[nH]c1=O. The van der Waals surface area contributed by atoms with Crippen LogP contribution in [0.3, 0.4) is 0 Å². The van der Waals surface area contributed by atoms with Crippen molar-refractivity contribution in [3.63, 3.8) is 0 Å². The molecule has 0 aliphatic carbocycles. The van der Waals surface area contributed by atoms with Crippen molar-refractivity contribution in [3.8, 4) is 0 Å². The summed E-state index contributed by atoms with van der Waals surface area (Å²) in [5, 5.41) is 13.0. The molecule has 0 aliphatic heterocycles. The number of nitrogens with zero attached hydrogens (tertiary/aromatic N) is 5. The van der Waals surface area contributed by atoms with Crippen molar-refractivity contribution in [3.05, 3.63) is 86.7 Å². The lowest BCUT2D eigenvalue weighted by Crippen LogP contribution is -2.33. The molecule has 0 radical (unpaired) electrons. The van der Waals surface area contributed by atoms with Gasteiger partial charge in [-0.3, -0.25) is 14.5 Å². The standard InChI is InChI=1S/C27H31FN6O3/c1-5-23(26-30-31-32-34(26)16-24(35)37-6-2)33(14-19-9-11-21(28)12-10-19)15-20-13-22-17(3)7-8-18(4)25(22)29-27(20)36/h7-13,23H,5-6,14-16H2,1-4H3,(H,29,36). The Hall–Kier alpha value is -3.92. The second kappa shape index (κ2) is 11.4. The van der Waals surface area contributed by atoms with Crippen LogP contribution in [0.25, 0.3) is 10.9 Å². The molecule has 1 N–H and O–H groups in total. The quantitative estimate of drug-likeness (QED) is 0.324. The molecule has 0 amide bonds. The molecule has 2 aromatic heterocycles. The number of hydrogen-bond acceptors (Lipinski definition) is 7. The van der Waals surface area contributed by atoms with E-state index in [9.17, 15) is 14.0 Å². The highest BCUT2D eigenvalue weighted by Gasteiger charge is 2.27. The van der Waals surface area contributed by atoms with E-state index in [1.807, 2.05) is 39.0 Å². The molecule has 10 heteroatoms. The van der Waals surface area contributed by atoms with Crippen molar-refractivity contribution >= 4 is 16.9 Å². The van der Waals surface area contributed by atoms with Gasteiger partial charge < -0.3 is 9.72 Å². The summed E-state index contributed by atoms with van der Waals surface area (Å²) in [6.45, 7) is 8.55. The van der Waals surface area contributed by atoms with Gasteiger partial charge in [-0.05, 0) is 72.5 Å². The van der Waals surface area contributed by atoms with Crippen LogP contribution in [0.5, 0.6) is 0 Å². The van der Waals surface area contributed by atoms with Crippen molar-refractivity contribution < 1.29 is 13.9 Å². The van der Waals surface area contributed by atoms with Gasteiger partial charge in [0.2, 0.25) is 0 Å². The van der Waals surface area contributed by atoms with Crippen molar-refractivity contribution in [1.29, 1.82) is 0 Å². The third kappa shape index (κ3) is 5.91. The Labute approximate surface area is 214 Å². The zero-order valence-electron chi connectivity index (χ0n) is 21.5. The van der Waals surface area contributed by atoms with Crippen LogP contribution in [0, 0.1) is 19.7 Å². The van der Waals surface area contributed by atoms with Crippen LogP contribution in [-0.2, 0) is 29.2 Å². The summed E-state index contributed by atoms with van der Waals surface area (Å²) in [5.74, 6) is -0.271. The summed E-state index contributed by atoms with van der Waals surface area (Å²) in [6, 6.07) is 11.9. The lowest BCUT2D eigenvalue weighted by molar-refractivity contribution is -0.144. The molecular formula is C27H31FN6O3. The second-order valence-corrected chi connectivity index (χ2v) is 9.07. The van der Waals surface area contributed by atoms with E-state index in [-0.39, 0.29) is 30.6 Å². The molecule has 0 spiro atoms. The first-order chi connectivity index (χ1) is 17.8.